The fourth-order valence-corrected chi connectivity index (χ4v) is 5.68. The van der Waals surface area contributed by atoms with Gasteiger partial charge in [0.25, 0.3) is 5.56 Å². The lowest BCUT2D eigenvalue weighted by molar-refractivity contribution is 0.432. The second-order valence-electron chi connectivity index (χ2n) is 7.49. The second-order valence-corrected chi connectivity index (χ2v) is 9.49. The number of nitrogens with zero attached hydrogens (tertiary/aromatic N) is 2. The van der Waals surface area contributed by atoms with Gasteiger partial charge in [0.2, 0.25) is 0 Å². The summed E-state index contributed by atoms with van der Waals surface area (Å²) in [6.45, 7) is 0. The van der Waals surface area contributed by atoms with Gasteiger partial charge in [0.05, 0.1) is 17.7 Å². The average Bonchev–Trinajstić information content (AvgIpc) is 3.44. The first-order valence-corrected chi connectivity index (χ1v) is 11.5. The molecule has 2 atom stereocenters. The van der Waals surface area contributed by atoms with Gasteiger partial charge in [-0.05, 0) is 32.1 Å². The normalized spacial score (nSPS) is 21.4. The third-order valence-electron chi connectivity index (χ3n) is 5.43. The molecule has 1 fully saturated rings. The molecule has 1 saturated carbocycles. The standard InChI is InChI=1S/C21H22N4OS2/c26-20-19-16(10-14-11-27-21(24-14)13-4-2-1-3-5-13)17(25-28-15-6-7-15)8-9-18(19)22-12-23-20/h1-5,11-12,15-17,25H,6-10H2,(H,22,23,26). The molecule has 0 spiro atoms. The van der Waals surface area contributed by atoms with Crippen molar-refractivity contribution in [2.24, 2.45) is 0 Å². The number of rotatable bonds is 6. The van der Waals surface area contributed by atoms with Crippen LogP contribution in [0.4, 0.5) is 0 Å². The van der Waals surface area contributed by atoms with Crippen molar-refractivity contribution in [3.05, 3.63) is 69.3 Å². The first-order valence-electron chi connectivity index (χ1n) is 9.75. The van der Waals surface area contributed by atoms with Crippen molar-refractivity contribution in [3.8, 4) is 10.6 Å². The molecule has 2 aliphatic carbocycles. The molecule has 0 amide bonds. The molecule has 0 aliphatic heterocycles. The maximum absolute atomic E-state index is 12.6. The molecule has 144 valence electrons. The molecule has 2 heterocycles. The molecule has 28 heavy (non-hydrogen) atoms. The van der Waals surface area contributed by atoms with E-state index in [9.17, 15) is 4.79 Å². The Bertz CT molecular complexity index is 1010. The summed E-state index contributed by atoms with van der Waals surface area (Å²) in [7, 11) is 0. The first kappa shape index (κ1) is 18.1. The van der Waals surface area contributed by atoms with Gasteiger partial charge in [0.15, 0.2) is 0 Å². The van der Waals surface area contributed by atoms with Crippen molar-refractivity contribution in [2.75, 3.05) is 0 Å². The fraction of sp³-hybridized carbons (Fsp3) is 0.381. The van der Waals surface area contributed by atoms with Crippen molar-refractivity contribution in [3.63, 3.8) is 0 Å². The first-order chi connectivity index (χ1) is 13.8. The Morgan fingerprint density at radius 3 is 2.89 bits per heavy atom. The molecule has 5 nitrogen and oxygen atoms in total. The predicted molar refractivity (Wildman–Crippen MR) is 115 cm³/mol. The van der Waals surface area contributed by atoms with Crippen LogP contribution in [0, 0.1) is 0 Å². The van der Waals surface area contributed by atoms with Gasteiger partial charge in [-0.25, -0.2) is 9.97 Å². The topological polar surface area (TPSA) is 70.7 Å². The van der Waals surface area contributed by atoms with E-state index in [2.05, 4.69) is 32.2 Å². The molecule has 7 heteroatoms. The van der Waals surface area contributed by atoms with E-state index in [4.69, 9.17) is 4.98 Å². The molecule has 2 unspecified atom stereocenters. The Labute approximate surface area is 172 Å². The third kappa shape index (κ3) is 3.79. The summed E-state index contributed by atoms with van der Waals surface area (Å²) in [5.74, 6) is 0.0955. The average molecular weight is 411 g/mol. The molecule has 0 radical (unpaired) electrons. The van der Waals surface area contributed by atoms with Crippen molar-refractivity contribution < 1.29 is 0 Å². The monoisotopic (exact) mass is 410 g/mol. The van der Waals surface area contributed by atoms with Gasteiger partial charge in [-0.2, -0.15) is 0 Å². The van der Waals surface area contributed by atoms with Crippen molar-refractivity contribution >= 4 is 23.3 Å². The molecule has 1 aromatic carbocycles. The van der Waals surface area contributed by atoms with Gasteiger partial charge in [-0.1, -0.05) is 42.3 Å². The van der Waals surface area contributed by atoms with Crippen LogP contribution in [-0.2, 0) is 12.8 Å². The van der Waals surface area contributed by atoms with E-state index in [1.165, 1.54) is 19.2 Å². The Morgan fingerprint density at radius 1 is 1.21 bits per heavy atom. The molecule has 0 saturated heterocycles. The highest BCUT2D eigenvalue weighted by Gasteiger charge is 2.34. The van der Waals surface area contributed by atoms with Gasteiger partial charge < -0.3 is 4.98 Å². The van der Waals surface area contributed by atoms with Crippen LogP contribution in [-0.4, -0.2) is 26.2 Å². The zero-order valence-corrected chi connectivity index (χ0v) is 17.1. The number of nitrogens with one attached hydrogen (secondary N) is 2. The van der Waals surface area contributed by atoms with Gasteiger partial charge in [0, 0.05) is 33.7 Å². The summed E-state index contributed by atoms with van der Waals surface area (Å²) < 4.78 is 3.67. The summed E-state index contributed by atoms with van der Waals surface area (Å²) in [4.78, 5) is 24.8. The van der Waals surface area contributed by atoms with Crippen LogP contribution in [0.2, 0.25) is 0 Å². The second kappa shape index (κ2) is 7.81. The van der Waals surface area contributed by atoms with Crippen LogP contribution >= 0.6 is 23.3 Å². The molecule has 3 aromatic rings. The molecule has 2 aliphatic rings. The van der Waals surface area contributed by atoms with Crippen LogP contribution in [0.25, 0.3) is 10.6 Å². The van der Waals surface area contributed by atoms with Crippen LogP contribution in [0.15, 0.2) is 46.8 Å². The van der Waals surface area contributed by atoms with Crippen LogP contribution < -0.4 is 10.3 Å². The van der Waals surface area contributed by atoms with Crippen molar-refractivity contribution in [1.29, 1.82) is 0 Å². The minimum absolute atomic E-state index is 0.00330. The van der Waals surface area contributed by atoms with Gasteiger partial charge >= 0.3 is 0 Å². The molecule has 2 N–H and O–H groups in total. The third-order valence-corrected chi connectivity index (χ3v) is 7.62. The lowest BCUT2D eigenvalue weighted by Gasteiger charge is -2.32. The van der Waals surface area contributed by atoms with E-state index >= 15 is 0 Å². The minimum atomic E-state index is -0.00330. The van der Waals surface area contributed by atoms with E-state index in [0.717, 1.165) is 52.0 Å². The molecular formula is C21H22N4OS2. The fourth-order valence-electron chi connectivity index (χ4n) is 3.82. The number of hydrogen-bond acceptors (Lipinski definition) is 6. The Morgan fingerprint density at radius 2 is 2.07 bits per heavy atom. The number of hydrogen-bond donors (Lipinski definition) is 2. The van der Waals surface area contributed by atoms with Crippen LogP contribution in [0.3, 0.4) is 0 Å². The number of benzene rings is 1. The largest absolute Gasteiger partial charge is 0.313 e. The SMILES string of the molecule is O=c1[nH]cnc2c1C(Cc1csc(-c3ccccc3)n1)C(NSC1CC1)CC2. The summed E-state index contributed by atoms with van der Waals surface area (Å²) in [5.41, 5.74) is 3.98. The maximum Gasteiger partial charge on any atom is 0.254 e. The number of thiazole rings is 1. The van der Waals surface area contributed by atoms with Crippen LogP contribution in [0.5, 0.6) is 0 Å². The lowest BCUT2D eigenvalue weighted by atomic mass is 9.80. The number of aryl methyl sites for hydroxylation is 1. The van der Waals surface area contributed by atoms with Gasteiger partial charge in [-0.15, -0.1) is 11.3 Å². The van der Waals surface area contributed by atoms with E-state index in [0.29, 0.717) is 0 Å². The number of aromatic nitrogens is 3. The Balaban J connectivity index is 1.43. The summed E-state index contributed by atoms with van der Waals surface area (Å²) >= 11 is 3.51. The summed E-state index contributed by atoms with van der Waals surface area (Å²) in [5, 5.41) is 3.90. The predicted octanol–water partition coefficient (Wildman–Crippen LogP) is 3.93. The van der Waals surface area contributed by atoms with Gasteiger partial charge in [-0.3, -0.25) is 9.52 Å². The molecular weight excluding hydrogens is 388 g/mol. The highest BCUT2D eigenvalue weighted by atomic mass is 32.2. The van der Waals surface area contributed by atoms with E-state index in [-0.39, 0.29) is 17.5 Å². The lowest BCUT2D eigenvalue weighted by Crippen LogP contribution is -2.40. The Hall–Kier alpha value is -1.96. The molecule has 0 bridgehead atoms. The van der Waals surface area contributed by atoms with Crippen molar-refractivity contribution in [1.82, 2.24) is 19.7 Å². The minimum Gasteiger partial charge on any atom is -0.313 e. The van der Waals surface area contributed by atoms with Gasteiger partial charge in [0.1, 0.15) is 5.01 Å². The zero-order chi connectivity index (χ0) is 18.9. The number of aromatic amines is 1. The maximum atomic E-state index is 12.6. The zero-order valence-electron chi connectivity index (χ0n) is 15.4. The quantitative estimate of drug-likeness (QED) is 0.603. The molecule has 5 rings (SSSR count). The van der Waals surface area contributed by atoms with Crippen LogP contribution in [0.1, 0.15) is 42.1 Å². The number of fused-ring (bicyclic) bond motifs is 1. The highest BCUT2D eigenvalue weighted by Crippen LogP contribution is 2.37. The van der Waals surface area contributed by atoms with E-state index in [1.54, 1.807) is 11.3 Å². The summed E-state index contributed by atoms with van der Waals surface area (Å²) in [6.07, 6.45) is 6.73. The van der Waals surface area contributed by atoms with E-state index < -0.39 is 0 Å². The van der Waals surface area contributed by atoms with Crippen molar-refractivity contribution in [2.45, 2.75) is 49.3 Å². The smallest absolute Gasteiger partial charge is 0.254 e. The number of H-pyrrole nitrogens is 1. The van der Waals surface area contributed by atoms with E-state index in [1.807, 2.05) is 30.1 Å². The Kier molecular flexibility index (Phi) is 5.05. The summed E-state index contributed by atoms with van der Waals surface area (Å²) in [6, 6.07) is 10.5. The highest BCUT2D eigenvalue weighted by molar-refractivity contribution is 7.98. The molecule has 2 aromatic heterocycles.